The molecule has 3 heterocycles. The van der Waals surface area contributed by atoms with E-state index in [0.29, 0.717) is 13.1 Å². The fraction of sp³-hybridized carbons (Fsp3) is 0.182. The number of hydrogen-bond acceptors (Lipinski definition) is 4. The van der Waals surface area contributed by atoms with E-state index in [1.54, 1.807) is 18.6 Å². The molecule has 7 heteroatoms. The summed E-state index contributed by atoms with van der Waals surface area (Å²) in [6.45, 7) is 3.20. The van der Waals surface area contributed by atoms with Crippen LogP contribution in [0.25, 0.3) is 22.6 Å². The number of pyridine rings is 2. The molecule has 0 saturated carbocycles. The molecule has 0 saturated heterocycles. The maximum Gasteiger partial charge on any atom is 0.319 e. The first-order valence-electron chi connectivity index (χ1n) is 9.54. The summed E-state index contributed by atoms with van der Waals surface area (Å²) in [4.78, 5) is 25.5. The normalized spacial score (nSPS) is 10.8. The van der Waals surface area contributed by atoms with Gasteiger partial charge in [-0.2, -0.15) is 0 Å². The second kappa shape index (κ2) is 8.52. The lowest BCUT2D eigenvalue weighted by Crippen LogP contribution is -2.30. The molecule has 0 aliphatic heterocycles. The molecule has 0 bridgehead atoms. The quantitative estimate of drug-likeness (QED) is 0.490. The number of nitrogens with one attached hydrogen (secondary N) is 2. The highest BCUT2D eigenvalue weighted by molar-refractivity contribution is 5.90. The van der Waals surface area contributed by atoms with E-state index < -0.39 is 0 Å². The zero-order valence-electron chi connectivity index (χ0n) is 16.2. The second-order valence-corrected chi connectivity index (χ2v) is 6.72. The maximum absolute atomic E-state index is 12.2. The molecule has 0 unspecified atom stereocenters. The van der Waals surface area contributed by atoms with E-state index in [1.165, 1.54) is 0 Å². The number of hydrogen-bond donors (Lipinski definition) is 2. The van der Waals surface area contributed by atoms with Gasteiger partial charge in [-0.15, -0.1) is 0 Å². The van der Waals surface area contributed by atoms with Crippen molar-refractivity contribution in [1.29, 1.82) is 0 Å². The largest absolute Gasteiger partial charge is 0.338 e. The van der Waals surface area contributed by atoms with Crippen molar-refractivity contribution in [2.75, 3.05) is 11.9 Å². The van der Waals surface area contributed by atoms with Crippen molar-refractivity contribution in [3.05, 3.63) is 72.7 Å². The summed E-state index contributed by atoms with van der Waals surface area (Å²) < 4.78 is 2.09. The van der Waals surface area contributed by atoms with Crippen molar-refractivity contribution in [3.8, 4) is 11.4 Å². The molecule has 0 fully saturated rings. The number of nitrogens with zero attached hydrogens (tertiary/aromatic N) is 4. The summed E-state index contributed by atoms with van der Waals surface area (Å²) in [7, 11) is 0. The fourth-order valence-electron chi connectivity index (χ4n) is 3.21. The number of rotatable bonds is 6. The van der Waals surface area contributed by atoms with Gasteiger partial charge < -0.3 is 15.2 Å². The minimum absolute atomic E-state index is 0.206. The Bertz CT molecular complexity index is 1120. The Kier molecular flexibility index (Phi) is 5.47. The van der Waals surface area contributed by atoms with Crippen molar-refractivity contribution in [2.24, 2.45) is 0 Å². The first-order chi connectivity index (χ1) is 14.2. The smallest absolute Gasteiger partial charge is 0.319 e. The highest BCUT2D eigenvalue weighted by atomic mass is 16.2. The van der Waals surface area contributed by atoms with Crippen molar-refractivity contribution >= 4 is 22.9 Å². The fourth-order valence-corrected chi connectivity index (χ4v) is 3.21. The van der Waals surface area contributed by atoms with Gasteiger partial charge in [0.05, 0.1) is 0 Å². The van der Waals surface area contributed by atoms with Crippen molar-refractivity contribution < 1.29 is 4.79 Å². The summed E-state index contributed by atoms with van der Waals surface area (Å²) in [5, 5.41) is 5.80. The minimum atomic E-state index is -0.206. The standard InChI is InChI=1S/C22H22N6O/c1-16-6-2-3-7-18(16)27-22(29)25-12-5-15-28-20(17-9-13-23-14-10-17)26-19-8-4-11-24-21(19)28/h2-4,6-11,13-14H,5,12,15H2,1H3,(H2,25,27,29). The molecule has 2 N–H and O–H groups in total. The Hall–Kier alpha value is -3.74. The van der Waals surface area contributed by atoms with Crippen LogP contribution in [0.4, 0.5) is 10.5 Å². The first-order valence-corrected chi connectivity index (χ1v) is 9.54. The zero-order chi connectivity index (χ0) is 20.1. The monoisotopic (exact) mass is 386 g/mol. The summed E-state index contributed by atoms with van der Waals surface area (Å²) in [5.74, 6) is 0.852. The van der Waals surface area contributed by atoms with Crippen molar-refractivity contribution in [2.45, 2.75) is 19.9 Å². The van der Waals surface area contributed by atoms with E-state index >= 15 is 0 Å². The number of para-hydroxylation sites is 1. The van der Waals surface area contributed by atoms with Crippen LogP contribution in [0.3, 0.4) is 0 Å². The molecule has 0 aliphatic rings. The number of urea groups is 1. The Labute approximate surface area is 168 Å². The number of imidazole rings is 1. The molecule has 146 valence electrons. The molecule has 29 heavy (non-hydrogen) atoms. The Morgan fingerprint density at radius 3 is 2.69 bits per heavy atom. The lowest BCUT2D eigenvalue weighted by molar-refractivity contribution is 0.252. The molecule has 0 spiro atoms. The van der Waals surface area contributed by atoms with Gasteiger partial charge in [-0.25, -0.2) is 14.8 Å². The number of amides is 2. The van der Waals surface area contributed by atoms with Gasteiger partial charge in [0.2, 0.25) is 0 Å². The first kappa shape index (κ1) is 18.6. The lowest BCUT2D eigenvalue weighted by Gasteiger charge is -2.11. The molecule has 4 rings (SSSR count). The number of carbonyl (C=O) groups excluding carboxylic acids is 1. The number of carbonyl (C=O) groups is 1. The molecule has 7 nitrogen and oxygen atoms in total. The number of aromatic nitrogens is 4. The van der Waals surface area contributed by atoms with Crippen LogP contribution < -0.4 is 10.6 Å². The zero-order valence-corrected chi connectivity index (χ0v) is 16.2. The Balaban J connectivity index is 1.42. The molecule has 0 atom stereocenters. The molecular weight excluding hydrogens is 364 g/mol. The third-order valence-electron chi connectivity index (χ3n) is 4.68. The van der Waals surface area contributed by atoms with Gasteiger partial charge in [-0.1, -0.05) is 18.2 Å². The van der Waals surface area contributed by atoms with E-state index in [4.69, 9.17) is 4.98 Å². The highest BCUT2D eigenvalue weighted by Gasteiger charge is 2.13. The summed E-state index contributed by atoms with van der Waals surface area (Å²) in [6.07, 6.45) is 6.03. The van der Waals surface area contributed by atoms with Gasteiger partial charge in [-0.3, -0.25) is 4.98 Å². The van der Waals surface area contributed by atoms with Crippen LogP contribution in [0.15, 0.2) is 67.1 Å². The van der Waals surface area contributed by atoms with Gasteiger partial charge in [0.25, 0.3) is 0 Å². The van der Waals surface area contributed by atoms with Crippen molar-refractivity contribution in [3.63, 3.8) is 0 Å². The molecule has 0 radical (unpaired) electrons. The Morgan fingerprint density at radius 2 is 1.86 bits per heavy atom. The average Bonchev–Trinajstić information content (AvgIpc) is 3.12. The van der Waals surface area contributed by atoms with Crippen molar-refractivity contribution in [1.82, 2.24) is 24.8 Å². The predicted molar refractivity (Wildman–Crippen MR) is 114 cm³/mol. The van der Waals surface area contributed by atoms with Gasteiger partial charge >= 0.3 is 6.03 Å². The Morgan fingerprint density at radius 1 is 1.03 bits per heavy atom. The van der Waals surface area contributed by atoms with E-state index in [2.05, 4.69) is 25.2 Å². The highest BCUT2D eigenvalue weighted by Crippen LogP contribution is 2.23. The van der Waals surface area contributed by atoms with E-state index in [9.17, 15) is 4.79 Å². The van der Waals surface area contributed by atoms with E-state index in [1.807, 2.05) is 55.5 Å². The van der Waals surface area contributed by atoms with Gasteiger partial charge in [0, 0.05) is 42.9 Å². The van der Waals surface area contributed by atoms with Crippen LogP contribution in [0, 0.1) is 6.92 Å². The van der Waals surface area contributed by atoms with Crippen LogP contribution in [0.1, 0.15) is 12.0 Å². The topological polar surface area (TPSA) is 84.7 Å². The molecule has 4 aromatic rings. The maximum atomic E-state index is 12.2. The number of benzene rings is 1. The SMILES string of the molecule is Cc1ccccc1NC(=O)NCCCn1c(-c2ccncc2)nc2cccnc21. The van der Waals surface area contributed by atoms with Crippen LogP contribution in [-0.4, -0.2) is 32.1 Å². The van der Waals surface area contributed by atoms with Gasteiger partial charge in [0.1, 0.15) is 11.3 Å². The van der Waals surface area contributed by atoms with Gasteiger partial charge in [0.15, 0.2) is 5.65 Å². The lowest BCUT2D eigenvalue weighted by atomic mass is 10.2. The van der Waals surface area contributed by atoms with E-state index in [0.717, 1.165) is 40.2 Å². The summed E-state index contributed by atoms with van der Waals surface area (Å²) >= 11 is 0. The molecule has 1 aromatic carbocycles. The molecular formula is C22H22N6O. The summed E-state index contributed by atoms with van der Waals surface area (Å²) in [5.41, 5.74) is 4.52. The molecule has 2 amide bonds. The summed E-state index contributed by atoms with van der Waals surface area (Å²) in [6, 6.07) is 15.2. The van der Waals surface area contributed by atoms with Crippen LogP contribution in [0.5, 0.6) is 0 Å². The van der Waals surface area contributed by atoms with Gasteiger partial charge in [-0.05, 0) is 49.2 Å². The molecule has 3 aromatic heterocycles. The number of fused-ring (bicyclic) bond motifs is 1. The third-order valence-corrected chi connectivity index (χ3v) is 4.68. The third kappa shape index (κ3) is 4.24. The second-order valence-electron chi connectivity index (χ2n) is 6.72. The van der Waals surface area contributed by atoms with Crippen LogP contribution >= 0.6 is 0 Å². The predicted octanol–water partition coefficient (Wildman–Crippen LogP) is 4.01. The molecule has 0 aliphatic carbocycles. The van der Waals surface area contributed by atoms with Crippen LogP contribution in [-0.2, 0) is 6.54 Å². The minimum Gasteiger partial charge on any atom is -0.338 e. The number of anilines is 1. The van der Waals surface area contributed by atoms with Crippen LogP contribution in [0.2, 0.25) is 0 Å². The average molecular weight is 386 g/mol. The van der Waals surface area contributed by atoms with E-state index in [-0.39, 0.29) is 6.03 Å². The number of aryl methyl sites for hydroxylation is 2.